The fourth-order valence-corrected chi connectivity index (χ4v) is 0.907. The third-order valence-electron chi connectivity index (χ3n) is 1.48. The largest absolute Gasteiger partial charge is 0.463 e. The second-order valence-electron chi connectivity index (χ2n) is 2.62. The third kappa shape index (κ3) is 4.26. The molecule has 0 saturated carbocycles. The number of benzene rings is 1. The van der Waals surface area contributed by atoms with Crippen LogP contribution in [0.3, 0.4) is 0 Å². The number of esters is 1. The Bertz CT molecular complexity index is 346. The SMILES string of the molecule is CCOC(=O)/C=C(/F)Oc1ccccc1. The summed E-state index contributed by atoms with van der Waals surface area (Å²) in [5, 5.41) is 0. The third-order valence-corrected chi connectivity index (χ3v) is 1.48. The zero-order chi connectivity index (χ0) is 11.1. The van der Waals surface area contributed by atoms with E-state index in [9.17, 15) is 9.18 Å². The zero-order valence-electron chi connectivity index (χ0n) is 8.27. The van der Waals surface area contributed by atoms with Crippen LogP contribution in [0.15, 0.2) is 42.4 Å². The highest BCUT2D eigenvalue weighted by atomic mass is 19.1. The lowest BCUT2D eigenvalue weighted by Gasteiger charge is -2.01. The molecular formula is C11H11FO3. The molecule has 1 aromatic rings. The fourth-order valence-electron chi connectivity index (χ4n) is 0.907. The quantitative estimate of drug-likeness (QED) is 0.435. The van der Waals surface area contributed by atoms with Crippen LogP contribution in [0.5, 0.6) is 5.75 Å². The van der Waals surface area contributed by atoms with Gasteiger partial charge >= 0.3 is 5.97 Å². The molecular weight excluding hydrogens is 199 g/mol. The maximum absolute atomic E-state index is 13.0. The first kappa shape index (κ1) is 11.2. The smallest absolute Gasteiger partial charge is 0.337 e. The van der Waals surface area contributed by atoms with Crippen molar-refractivity contribution in [1.82, 2.24) is 0 Å². The van der Waals surface area contributed by atoms with E-state index >= 15 is 0 Å². The van der Waals surface area contributed by atoms with E-state index in [1.807, 2.05) is 0 Å². The monoisotopic (exact) mass is 210 g/mol. The molecule has 1 rings (SSSR count). The number of carbonyl (C=O) groups is 1. The standard InChI is InChI=1S/C11H11FO3/c1-2-14-11(13)8-10(12)15-9-6-4-3-5-7-9/h3-8H,2H2,1H3/b10-8-. The van der Waals surface area contributed by atoms with E-state index in [0.717, 1.165) is 0 Å². The highest BCUT2D eigenvalue weighted by Crippen LogP contribution is 2.13. The molecule has 0 atom stereocenters. The molecule has 1 aromatic carbocycles. The Morgan fingerprint density at radius 2 is 2.07 bits per heavy atom. The van der Waals surface area contributed by atoms with E-state index < -0.39 is 12.0 Å². The predicted octanol–water partition coefficient (Wildman–Crippen LogP) is 2.44. The molecule has 0 aromatic heterocycles. The molecule has 0 saturated heterocycles. The van der Waals surface area contributed by atoms with E-state index in [-0.39, 0.29) is 6.61 Å². The van der Waals surface area contributed by atoms with Crippen molar-refractivity contribution in [2.24, 2.45) is 0 Å². The summed E-state index contributed by atoms with van der Waals surface area (Å²) in [5.74, 6) is -0.429. The van der Waals surface area contributed by atoms with Crippen LogP contribution in [-0.2, 0) is 9.53 Å². The van der Waals surface area contributed by atoms with E-state index in [4.69, 9.17) is 4.74 Å². The summed E-state index contributed by atoms with van der Waals surface area (Å²) in [4.78, 5) is 10.8. The highest BCUT2D eigenvalue weighted by Gasteiger charge is 2.03. The van der Waals surface area contributed by atoms with Gasteiger partial charge in [0.05, 0.1) is 12.7 Å². The van der Waals surface area contributed by atoms with Crippen LogP contribution in [0, 0.1) is 0 Å². The van der Waals surface area contributed by atoms with Crippen LogP contribution in [0.1, 0.15) is 6.92 Å². The van der Waals surface area contributed by atoms with Gasteiger partial charge in [0.2, 0.25) is 0 Å². The average molecular weight is 210 g/mol. The molecule has 3 nitrogen and oxygen atoms in total. The van der Waals surface area contributed by atoms with Gasteiger partial charge in [-0.15, -0.1) is 0 Å². The Morgan fingerprint density at radius 1 is 1.40 bits per heavy atom. The van der Waals surface area contributed by atoms with Gasteiger partial charge in [0, 0.05) is 0 Å². The average Bonchev–Trinajstić information content (AvgIpc) is 2.19. The van der Waals surface area contributed by atoms with Crippen molar-refractivity contribution >= 4 is 5.97 Å². The number of halogens is 1. The van der Waals surface area contributed by atoms with Crippen LogP contribution >= 0.6 is 0 Å². The second-order valence-corrected chi connectivity index (χ2v) is 2.62. The van der Waals surface area contributed by atoms with Gasteiger partial charge in [-0.1, -0.05) is 18.2 Å². The number of carbonyl (C=O) groups excluding carboxylic acids is 1. The Kier molecular flexibility index (Phi) is 4.34. The summed E-state index contributed by atoms with van der Waals surface area (Å²) in [5.41, 5.74) is 0. The fraction of sp³-hybridized carbons (Fsp3) is 0.182. The van der Waals surface area contributed by atoms with Gasteiger partial charge in [-0.3, -0.25) is 0 Å². The van der Waals surface area contributed by atoms with Gasteiger partial charge < -0.3 is 9.47 Å². The lowest BCUT2D eigenvalue weighted by Crippen LogP contribution is -2.02. The summed E-state index contributed by atoms with van der Waals surface area (Å²) in [6.45, 7) is 1.84. The lowest BCUT2D eigenvalue weighted by atomic mass is 10.3. The van der Waals surface area contributed by atoms with Crippen molar-refractivity contribution in [2.75, 3.05) is 6.61 Å². The van der Waals surface area contributed by atoms with E-state index in [1.54, 1.807) is 37.3 Å². The first-order valence-electron chi connectivity index (χ1n) is 4.49. The summed E-state index contributed by atoms with van der Waals surface area (Å²) in [6, 6.07) is 7.36. The Hall–Kier alpha value is -1.84. The van der Waals surface area contributed by atoms with Crippen molar-refractivity contribution in [2.45, 2.75) is 6.92 Å². The van der Waals surface area contributed by atoms with E-state index in [2.05, 4.69) is 4.74 Å². The summed E-state index contributed by atoms with van der Waals surface area (Å²) in [7, 11) is 0. The van der Waals surface area contributed by atoms with Crippen molar-refractivity contribution in [3.8, 4) is 5.75 Å². The van der Waals surface area contributed by atoms with Crippen molar-refractivity contribution in [3.05, 3.63) is 42.4 Å². The second kappa shape index (κ2) is 5.80. The summed E-state index contributed by atoms with van der Waals surface area (Å²) < 4.78 is 22.2. The molecule has 0 spiro atoms. The molecule has 0 radical (unpaired) electrons. The van der Waals surface area contributed by atoms with Crippen LogP contribution in [0.2, 0.25) is 0 Å². The van der Waals surface area contributed by atoms with Crippen molar-refractivity contribution in [3.63, 3.8) is 0 Å². The van der Waals surface area contributed by atoms with Crippen LogP contribution < -0.4 is 4.74 Å². The molecule has 0 aliphatic rings. The molecule has 0 heterocycles. The van der Waals surface area contributed by atoms with Crippen LogP contribution in [0.4, 0.5) is 4.39 Å². The lowest BCUT2D eigenvalue weighted by molar-refractivity contribution is -0.137. The first-order chi connectivity index (χ1) is 7.22. The van der Waals surface area contributed by atoms with E-state index in [1.165, 1.54) is 0 Å². The van der Waals surface area contributed by atoms with Gasteiger partial charge in [-0.2, -0.15) is 4.39 Å². The molecule has 0 unspecified atom stereocenters. The number of para-hydroxylation sites is 1. The number of ether oxygens (including phenoxy) is 2. The molecule has 0 aliphatic carbocycles. The van der Waals surface area contributed by atoms with Crippen LogP contribution in [0.25, 0.3) is 0 Å². The minimum Gasteiger partial charge on any atom is -0.463 e. The molecule has 0 amide bonds. The number of hydrogen-bond acceptors (Lipinski definition) is 3. The van der Waals surface area contributed by atoms with Gasteiger partial charge in [-0.05, 0) is 19.1 Å². The number of hydrogen-bond donors (Lipinski definition) is 0. The number of rotatable bonds is 4. The van der Waals surface area contributed by atoms with Crippen molar-refractivity contribution in [1.29, 1.82) is 0 Å². The molecule has 4 heteroatoms. The zero-order valence-corrected chi connectivity index (χ0v) is 8.27. The maximum atomic E-state index is 13.0. The highest BCUT2D eigenvalue weighted by molar-refractivity contribution is 5.82. The molecule has 0 bridgehead atoms. The molecule has 0 fully saturated rings. The van der Waals surface area contributed by atoms with Gasteiger partial charge in [-0.25, -0.2) is 4.79 Å². The Labute approximate surface area is 87.1 Å². The summed E-state index contributed by atoms with van der Waals surface area (Å²) in [6.07, 6.45) is 0.663. The van der Waals surface area contributed by atoms with Gasteiger partial charge in [0.25, 0.3) is 6.01 Å². The van der Waals surface area contributed by atoms with Gasteiger partial charge in [0.1, 0.15) is 5.75 Å². The predicted molar refractivity (Wildman–Crippen MR) is 52.9 cm³/mol. The molecule has 0 aliphatic heterocycles. The first-order valence-corrected chi connectivity index (χ1v) is 4.49. The van der Waals surface area contributed by atoms with Crippen LogP contribution in [-0.4, -0.2) is 12.6 Å². The normalized spacial score (nSPS) is 10.9. The molecule has 15 heavy (non-hydrogen) atoms. The topological polar surface area (TPSA) is 35.5 Å². The minimum atomic E-state index is -0.986. The summed E-state index contributed by atoms with van der Waals surface area (Å²) >= 11 is 0. The Balaban J connectivity index is 2.55. The molecule has 80 valence electrons. The maximum Gasteiger partial charge on any atom is 0.337 e. The Morgan fingerprint density at radius 3 is 2.67 bits per heavy atom. The van der Waals surface area contributed by atoms with E-state index in [0.29, 0.717) is 11.8 Å². The minimum absolute atomic E-state index is 0.202. The molecule has 0 N–H and O–H groups in total. The van der Waals surface area contributed by atoms with Gasteiger partial charge in [0.15, 0.2) is 0 Å². The van der Waals surface area contributed by atoms with Crippen molar-refractivity contribution < 1.29 is 18.7 Å².